The Kier molecular flexibility index (Phi) is 4.12. The summed E-state index contributed by atoms with van der Waals surface area (Å²) in [6.07, 6.45) is -1.60. The molecule has 3 N–H and O–H groups in total. The molecule has 0 heterocycles. The maximum absolute atomic E-state index is 10.6. The van der Waals surface area contributed by atoms with E-state index in [1.807, 2.05) is 48.5 Å². The molecule has 0 amide bonds. The lowest BCUT2D eigenvalue weighted by Crippen LogP contribution is -2.19. The lowest BCUT2D eigenvalue weighted by molar-refractivity contribution is 0.134. The lowest BCUT2D eigenvalue weighted by atomic mass is 9.98. The smallest absolute Gasteiger partial charge is 0.123 e. The van der Waals surface area contributed by atoms with Gasteiger partial charge in [0.25, 0.3) is 0 Å². The van der Waals surface area contributed by atoms with Gasteiger partial charge in [-0.3, -0.25) is 0 Å². The Hall–Kier alpha value is -1.75. The number of aliphatic hydroxyl groups is 3. The first kappa shape index (κ1) is 15.8. The number of hydrogen-bond acceptors (Lipinski definition) is 4. The third kappa shape index (κ3) is 2.65. The van der Waals surface area contributed by atoms with E-state index in [0.29, 0.717) is 11.3 Å². The van der Waals surface area contributed by atoms with Crippen LogP contribution in [-0.4, -0.2) is 33.3 Å². The Labute approximate surface area is 145 Å². The second-order valence-electron chi connectivity index (χ2n) is 6.46. The van der Waals surface area contributed by atoms with Gasteiger partial charge >= 0.3 is 0 Å². The van der Waals surface area contributed by atoms with Crippen LogP contribution in [-0.2, 0) is 0 Å². The Morgan fingerprint density at radius 2 is 1.54 bits per heavy atom. The SMILES string of the molecule is OC1=C(C(O)CSc2ccccc2)C2C(c3ccccc3)C2C1O. The van der Waals surface area contributed by atoms with E-state index in [1.165, 1.54) is 5.56 Å². The van der Waals surface area contributed by atoms with Gasteiger partial charge in [-0.1, -0.05) is 48.5 Å². The average molecular weight is 340 g/mol. The predicted molar refractivity (Wildman–Crippen MR) is 95.0 cm³/mol. The van der Waals surface area contributed by atoms with Gasteiger partial charge in [0, 0.05) is 22.1 Å². The van der Waals surface area contributed by atoms with Gasteiger partial charge in [-0.2, -0.15) is 0 Å². The molecule has 1 saturated carbocycles. The highest BCUT2D eigenvalue weighted by Gasteiger charge is 2.63. The van der Waals surface area contributed by atoms with Crippen LogP contribution in [0.15, 0.2) is 76.9 Å². The fourth-order valence-corrected chi connectivity index (χ4v) is 4.81. The molecule has 0 saturated heterocycles. The zero-order chi connectivity index (χ0) is 16.7. The van der Waals surface area contributed by atoms with Crippen molar-refractivity contribution in [2.75, 3.05) is 5.75 Å². The second kappa shape index (κ2) is 6.28. The van der Waals surface area contributed by atoms with Gasteiger partial charge in [-0.25, -0.2) is 0 Å². The van der Waals surface area contributed by atoms with E-state index in [2.05, 4.69) is 12.1 Å². The van der Waals surface area contributed by atoms with Crippen molar-refractivity contribution in [1.82, 2.24) is 0 Å². The molecule has 4 rings (SSSR count). The van der Waals surface area contributed by atoms with Crippen LogP contribution in [0.5, 0.6) is 0 Å². The Balaban J connectivity index is 1.50. The van der Waals surface area contributed by atoms with Crippen LogP contribution in [0.4, 0.5) is 0 Å². The van der Waals surface area contributed by atoms with Gasteiger partial charge < -0.3 is 15.3 Å². The van der Waals surface area contributed by atoms with Crippen LogP contribution >= 0.6 is 11.8 Å². The summed E-state index contributed by atoms with van der Waals surface area (Å²) < 4.78 is 0. The molecule has 5 atom stereocenters. The van der Waals surface area contributed by atoms with Crippen molar-refractivity contribution >= 4 is 11.8 Å². The van der Waals surface area contributed by atoms with Gasteiger partial charge in [0.15, 0.2) is 0 Å². The summed E-state index contributed by atoms with van der Waals surface area (Å²) in [5.41, 5.74) is 1.80. The van der Waals surface area contributed by atoms with Gasteiger partial charge in [-0.05, 0) is 29.5 Å². The van der Waals surface area contributed by atoms with E-state index in [-0.39, 0.29) is 23.5 Å². The maximum atomic E-state index is 10.6. The fourth-order valence-electron chi connectivity index (χ4n) is 3.93. The zero-order valence-corrected chi connectivity index (χ0v) is 13.9. The van der Waals surface area contributed by atoms with Crippen LogP contribution in [0, 0.1) is 11.8 Å². The van der Waals surface area contributed by atoms with Crippen LogP contribution in [0.1, 0.15) is 11.5 Å². The van der Waals surface area contributed by atoms with E-state index >= 15 is 0 Å². The number of rotatable bonds is 5. The number of hydrogen-bond donors (Lipinski definition) is 3. The van der Waals surface area contributed by atoms with Crippen molar-refractivity contribution < 1.29 is 15.3 Å². The van der Waals surface area contributed by atoms with Crippen LogP contribution in [0.3, 0.4) is 0 Å². The lowest BCUT2D eigenvalue weighted by Gasteiger charge is -2.17. The minimum absolute atomic E-state index is 0.00113. The van der Waals surface area contributed by atoms with E-state index < -0.39 is 12.2 Å². The molecule has 124 valence electrons. The summed E-state index contributed by atoms with van der Waals surface area (Å²) in [7, 11) is 0. The van der Waals surface area contributed by atoms with E-state index in [9.17, 15) is 15.3 Å². The molecular weight excluding hydrogens is 320 g/mol. The topological polar surface area (TPSA) is 60.7 Å². The summed E-state index contributed by atoms with van der Waals surface area (Å²) in [5, 5.41) is 31.2. The number of aliphatic hydroxyl groups excluding tert-OH is 3. The van der Waals surface area contributed by atoms with Crippen molar-refractivity contribution in [3.05, 3.63) is 77.6 Å². The summed E-state index contributed by atoms with van der Waals surface area (Å²) >= 11 is 1.56. The first-order valence-corrected chi connectivity index (χ1v) is 9.19. The molecule has 3 nitrogen and oxygen atoms in total. The van der Waals surface area contributed by atoms with Crippen molar-refractivity contribution in [1.29, 1.82) is 0 Å². The molecule has 2 aliphatic carbocycles. The highest BCUT2D eigenvalue weighted by Crippen LogP contribution is 2.65. The van der Waals surface area contributed by atoms with Crippen molar-refractivity contribution in [3.8, 4) is 0 Å². The minimum atomic E-state index is -0.855. The Morgan fingerprint density at radius 1 is 0.917 bits per heavy atom. The molecule has 2 aromatic rings. The quantitative estimate of drug-likeness (QED) is 0.731. The molecule has 2 aliphatic rings. The number of thioether (sulfide) groups is 1. The third-order valence-corrected chi connectivity index (χ3v) is 6.16. The zero-order valence-electron chi connectivity index (χ0n) is 13.1. The molecule has 0 bridgehead atoms. The first-order valence-electron chi connectivity index (χ1n) is 8.20. The summed E-state index contributed by atoms with van der Waals surface area (Å²) in [4.78, 5) is 1.09. The summed E-state index contributed by atoms with van der Waals surface area (Å²) in [6.45, 7) is 0. The molecule has 0 spiro atoms. The van der Waals surface area contributed by atoms with Gasteiger partial charge in [0.2, 0.25) is 0 Å². The molecule has 0 aliphatic heterocycles. The predicted octanol–water partition coefficient (Wildman–Crippen LogP) is 3.36. The molecule has 2 aromatic carbocycles. The average Bonchev–Trinajstić information content (AvgIpc) is 3.29. The van der Waals surface area contributed by atoms with Gasteiger partial charge in [-0.15, -0.1) is 11.8 Å². The van der Waals surface area contributed by atoms with Crippen LogP contribution in [0.25, 0.3) is 0 Å². The summed E-state index contributed by atoms with van der Waals surface area (Å²) in [5.74, 6) is 0.704. The minimum Gasteiger partial charge on any atom is -0.509 e. The van der Waals surface area contributed by atoms with Gasteiger partial charge in [0.1, 0.15) is 11.9 Å². The molecule has 0 radical (unpaired) electrons. The van der Waals surface area contributed by atoms with E-state index in [1.54, 1.807) is 11.8 Å². The molecular formula is C20H20O3S. The van der Waals surface area contributed by atoms with Crippen molar-refractivity contribution in [2.24, 2.45) is 11.8 Å². The number of benzene rings is 2. The monoisotopic (exact) mass is 340 g/mol. The standard InChI is InChI=1S/C20H20O3S/c21-14(11-24-13-9-5-2-6-10-13)16-17-15(12-7-3-1-4-8-12)18(17)20(23)19(16)22/h1-10,14-15,17-18,20-23H,11H2. The van der Waals surface area contributed by atoms with Crippen molar-refractivity contribution in [2.45, 2.75) is 23.0 Å². The fraction of sp³-hybridized carbons (Fsp3) is 0.300. The van der Waals surface area contributed by atoms with Crippen molar-refractivity contribution in [3.63, 3.8) is 0 Å². The van der Waals surface area contributed by atoms with Crippen LogP contribution in [0.2, 0.25) is 0 Å². The maximum Gasteiger partial charge on any atom is 0.123 e. The Morgan fingerprint density at radius 3 is 2.21 bits per heavy atom. The van der Waals surface area contributed by atoms with Gasteiger partial charge in [0.05, 0.1) is 6.10 Å². The second-order valence-corrected chi connectivity index (χ2v) is 7.56. The first-order chi connectivity index (χ1) is 11.7. The molecule has 0 aromatic heterocycles. The van der Waals surface area contributed by atoms with Crippen LogP contribution < -0.4 is 0 Å². The molecule has 24 heavy (non-hydrogen) atoms. The Bertz CT molecular complexity index is 744. The highest BCUT2D eigenvalue weighted by molar-refractivity contribution is 7.99. The third-order valence-electron chi connectivity index (χ3n) is 5.07. The van der Waals surface area contributed by atoms with E-state index in [4.69, 9.17) is 0 Å². The van der Waals surface area contributed by atoms with E-state index in [0.717, 1.165) is 4.90 Å². The summed E-state index contributed by atoms with van der Waals surface area (Å²) in [6, 6.07) is 19.9. The molecule has 4 heteroatoms. The number of fused-ring (bicyclic) bond motifs is 1. The molecule has 1 fully saturated rings. The highest BCUT2D eigenvalue weighted by atomic mass is 32.2. The normalized spacial score (nSPS) is 29.4. The molecule has 5 unspecified atom stereocenters. The largest absolute Gasteiger partial charge is 0.509 e.